The second kappa shape index (κ2) is 8.22. The largest absolute Gasteiger partial charge is 0.0836 e. The zero-order chi connectivity index (χ0) is 20.7. The Hall–Kier alpha value is -2.08. The molecule has 5 rings (SSSR count). The second-order valence-corrected chi connectivity index (χ2v) is 9.73. The fraction of sp³-hybridized carbons (Fsp3) is 0.467. The zero-order valence-corrected chi connectivity index (χ0v) is 19.2. The van der Waals surface area contributed by atoms with E-state index in [9.17, 15) is 0 Å². The Labute approximate surface area is 183 Å². The standard InChI is InChI=1S/C30H36/c1-4-5-6-7-8-9-12-22-16-18-24-21(3)23-13-10-11-14-25(23)29-26-17-15-20(2)19-27(26)28(22)30(24)29/h11,14-15,17,19H,4-10,12-13,16,18H2,1-3H3. The average molecular weight is 397 g/mol. The van der Waals surface area contributed by atoms with Crippen LogP contribution in [0.3, 0.4) is 0 Å². The Balaban J connectivity index is 1.60. The van der Waals surface area contributed by atoms with Crippen LogP contribution < -0.4 is 0 Å². The number of allylic oxidation sites excluding steroid dienone is 2. The van der Waals surface area contributed by atoms with E-state index >= 15 is 0 Å². The molecule has 0 radical (unpaired) electrons. The van der Waals surface area contributed by atoms with Crippen LogP contribution in [0.4, 0.5) is 0 Å². The molecule has 0 saturated carbocycles. The topological polar surface area (TPSA) is 0 Å². The van der Waals surface area contributed by atoms with Gasteiger partial charge in [-0.15, -0.1) is 0 Å². The Bertz CT molecular complexity index is 1040. The van der Waals surface area contributed by atoms with Crippen molar-refractivity contribution in [3.05, 3.63) is 68.8 Å². The summed E-state index contributed by atoms with van der Waals surface area (Å²) in [6.07, 6.45) is 19.3. The summed E-state index contributed by atoms with van der Waals surface area (Å²) in [6, 6.07) is 7.19. The smallest absolute Gasteiger partial charge is 0.00208 e. The van der Waals surface area contributed by atoms with Crippen LogP contribution in [0.15, 0.2) is 29.8 Å². The molecule has 30 heavy (non-hydrogen) atoms. The van der Waals surface area contributed by atoms with E-state index in [1.165, 1.54) is 92.9 Å². The molecule has 0 aromatic heterocycles. The minimum absolute atomic E-state index is 1.19. The van der Waals surface area contributed by atoms with Gasteiger partial charge in [0.15, 0.2) is 0 Å². The van der Waals surface area contributed by atoms with Gasteiger partial charge in [-0.1, -0.05) is 80.5 Å². The summed E-state index contributed by atoms with van der Waals surface area (Å²) in [7, 11) is 0. The summed E-state index contributed by atoms with van der Waals surface area (Å²) in [5.41, 5.74) is 17.4. The van der Waals surface area contributed by atoms with E-state index in [0.29, 0.717) is 0 Å². The first-order valence-electron chi connectivity index (χ1n) is 12.4. The van der Waals surface area contributed by atoms with Gasteiger partial charge in [0, 0.05) is 0 Å². The molecule has 2 aromatic carbocycles. The number of hydrogen-bond donors (Lipinski definition) is 0. The van der Waals surface area contributed by atoms with Gasteiger partial charge in [0.05, 0.1) is 0 Å². The molecule has 156 valence electrons. The van der Waals surface area contributed by atoms with Gasteiger partial charge >= 0.3 is 0 Å². The van der Waals surface area contributed by atoms with Gasteiger partial charge in [-0.05, 0) is 102 Å². The van der Waals surface area contributed by atoms with E-state index in [-0.39, 0.29) is 0 Å². The third-order valence-electron chi connectivity index (χ3n) is 7.72. The number of unbranched alkanes of at least 4 members (excludes halogenated alkanes) is 5. The van der Waals surface area contributed by atoms with Gasteiger partial charge in [-0.25, -0.2) is 0 Å². The first-order valence-corrected chi connectivity index (χ1v) is 12.4. The molecule has 0 saturated heterocycles. The van der Waals surface area contributed by atoms with Gasteiger partial charge in [0.1, 0.15) is 0 Å². The summed E-state index contributed by atoms with van der Waals surface area (Å²) in [5.74, 6) is 0. The molecule has 0 fully saturated rings. The van der Waals surface area contributed by atoms with Crippen molar-refractivity contribution in [2.75, 3.05) is 0 Å². The highest BCUT2D eigenvalue weighted by Gasteiger charge is 2.35. The van der Waals surface area contributed by atoms with E-state index in [1.807, 2.05) is 0 Å². The highest BCUT2D eigenvalue weighted by atomic mass is 14.4. The molecule has 0 atom stereocenters. The highest BCUT2D eigenvalue weighted by Crippen LogP contribution is 2.55. The third-order valence-corrected chi connectivity index (χ3v) is 7.72. The summed E-state index contributed by atoms with van der Waals surface area (Å²) in [6.45, 7) is 6.96. The van der Waals surface area contributed by atoms with E-state index in [4.69, 9.17) is 0 Å². The molecular weight excluding hydrogens is 360 g/mol. The van der Waals surface area contributed by atoms with Crippen molar-refractivity contribution < 1.29 is 0 Å². The van der Waals surface area contributed by atoms with Crippen molar-refractivity contribution in [2.24, 2.45) is 0 Å². The van der Waals surface area contributed by atoms with Gasteiger partial charge < -0.3 is 0 Å². The first-order chi connectivity index (χ1) is 14.7. The van der Waals surface area contributed by atoms with Crippen molar-refractivity contribution in [3.63, 3.8) is 0 Å². The molecule has 0 heterocycles. The normalized spacial score (nSPS) is 16.0. The van der Waals surface area contributed by atoms with Crippen molar-refractivity contribution in [2.45, 2.75) is 91.4 Å². The number of benzene rings is 2. The third kappa shape index (κ3) is 3.20. The molecule has 0 unspecified atom stereocenters. The van der Waals surface area contributed by atoms with Gasteiger partial charge in [-0.2, -0.15) is 0 Å². The zero-order valence-electron chi connectivity index (χ0n) is 19.2. The number of fused-ring (bicyclic) bond motifs is 5. The lowest BCUT2D eigenvalue weighted by Gasteiger charge is -2.27. The summed E-state index contributed by atoms with van der Waals surface area (Å²) >= 11 is 0. The first kappa shape index (κ1) is 19.9. The fourth-order valence-corrected chi connectivity index (χ4v) is 6.17. The summed E-state index contributed by atoms with van der Waals surface area (Å²) < 4.78 is 0. The second-order valence-electron chi connectivity index (χ2n) is 9.73. The Morgan fingerprint density at radius 2 is 1.63 bits per heavy atom. The predicted molar refractivity (Wildman–Crippen MR) is 131 cm³/mol. The van der Waals surface area contributed by atoms with E-state index in [2.05, 4.69) is 51.1 Å². The predicted octanol–water partition coefficient (Wildman–Crippen LogP) is 8.74. The molecule has 0 heteroatoms. The highest BCUT2D eigenvalue weighted by molar-refractivity contribution is 6.07. The average Bonchev–Trinajstić information content (AvgIpc) is 3.10. The molecule has 0 spiro atoms. The minimum atomic E-state index is 1.19. The Morgan fingerprint density at radius 1 is 0.800 bits per heavy atom. The lowest BCUT2D eigenvalue weighted by atomic mass is 9.77. The molecular formula is C30H36. The Kier molecular flexibility index (Phi) is 5.44. The molecule has 0 nitrogen and oxygen atoms in total. The Morgan fingerprint density at radius 3 is 2.50 bits per heavy atom. The fourth-order valence-electron chi connectivity index (χ4n) is 6.17. The van der Waals surface area contributed by atoms with E-state index in [0.717, 1.165) is 0 Å². The van der Waals surface area contributed by atoms with Crippen LogP contribution in [0.25, 0.3) is 22.8 Å². The van der Waals surface area contributed by atoms with Crippen LogP contribution >= 0.6 is 0 Å². The SMILES string of the molecule is CCCCCCCCC1=C2c3cc(C)ccc3-c3c4c(c(C)c(c32)CC1)CCC=C4. The van der Waals surface area contributed by atoms with Gasteiger partial charge in [-0.3, -0.25) is 0 Å². The van der Waals surface area contributed by atoms with Crippen molar-refractivity contribution >= 4 is 11.6 Å². The molecule has 0 bridgehead atoms. The lowest BCUT2D eigenvalue weighted by molar-refractivity contribution is 0.601. The number of rotatable bonds is 7. The van der Waals surface area contributed by atoms with Gasteiger partial charge in [0.2, 0.25) is 0 Å². The van der Waals surface area contributed by atoms with Crippen LogP contribution in [0, 0.1) is 13.8 Å². The van der Waals surface area contributed by atoms with Crippen LogP contribution in [0.2, 0.25) is 0 Å². The lowest BCUT2D eigenvalue weighted by Crippen LogP contribution is -2.11. The van der Waals surface area contributed by atoms with Crippen LogP contribution in [-0.2, 0) is 12.8 Å². The van der Waals surface area contributed by atoms with Crippen molar-refractivity contribution in [1.82, 2.24) is 0 Å². The molecule has 3 aliphatic rings. The molecule has 3 aliphatic carbocycles. The minimum Gasteiger partial charge on any atom is -0.0836 e. The number of aryl methyl sites for hydroxylation is 1. The molecule has 0 N–H and O–H groups in total. The molecule has 0 amide bonds. The maximum absolute atomic E-state index is 2.47. The maximum Gasteiger partial charge on any atom is -0.00208 e. The van der Waals surface area contributed by atoms with Crippen molar-refractivity contribution in [3.8, 4) is 11.1 Å². The molecule has 2 aromatic rings. The van der Waals surface area contributed by atoms with Crippen LogP contribution in [0.1, 0.15) is 104 Å². The van der Waals surface area contributed by atoms with Crippen LogP contribution in [0.5, 0.6) is 0 Å². The monoisotopic (exact) mass is 396 g/mol. The summed E-state index contributed by atoms with van der Waals surface area (Å²) in [4.78, 5) is 0. The van der Waals surface area contributed by atoms with Crippen LogP contribution in [-0.4, -0.2) is 0 Å². The van der Waals surface area contributed by atoms with Crippen molar-refractivity contribution in [1.29, 1.82) is 0 Å². The van der Waals surface area contributed by atoms with E-state index < -0.39 is 0 Å². The number of hydrogen-bond acceptors (Lipinski definition) is 0. The quantitative estimate of drug-likeness (QED) is 0.350. The van der Waals surface area contributed by atoms with Gasteiger partial charge in [0.25, 0.3) is 0 Å². The molecule has 0 aliphatic heterocycles. The maximum atomic E-state index is 2.47. The summed E-state index contributed by atoms with van der Waals surface area (Å²) in [5, 5.41) is 0. The van der Waals surface area contributed by atoms with E-state index in [1.54, 1.807) is 39.0 Å².